The number of rotatable bonds is 6. The summed E-state index contributed by atoms with van der Waals surface area (Å²) in [7, 11) is 1.58. The number of amides is 1. The summed E-state index contributed by atoms with van der Waals surface area (Å²) in [5, 5.41) is 4.15. The monoisotopic (exact) mass is 513 g/mol. The van der Waals surface area contributed by atoms with E-state index in [4.69, 9.17) is 5.73 Å². The average Bonchev–Trinajstić information content (AvgIpc) is 3.33. The third-order valence-corrected chi connectivity index (χ3v) is 6.81. The number of anilines is 2. The van der Waals surface area contributed by atoms with Crippen LogP contribution in [0.4, 0.5) is 29.2 Å². The van der Waals surface area contributed by atoms with Gasteiger partial charge in [-0.05, 0) is 24.6 Å². The standard InChI is InChI=1S/C25H23F4N7O/c1-23(14-8-5-4-6-9-14)17-19(30)33-20(34-21(17)35(3)22(23)37)18-15-10-7-13-31-36(15)16(32-18)11-12-25(28,29)24(2,26)27/h4-10,13H,11-12H2,1-3H3,(H2,30,33,34). The second-order valence-corrected chi connectivity index (χ2v) is 9.28. The highest BCUT2D eigenvalue weighted by atomic mass is 19.3. The normalized spacial score (nSPS) is 18.0. The summed E-state index contributed by atoms with van der Waals surface area (Å²) in [4.78, 5) is 28.2. The Bertz CT molecular complexity index is 1520. The van der Waals surface area contributed by atoms with Gasteiger partial charge in [-0.15, -0.1) is 0 Å². The van der Waals surface area contributed by atoms with Gasteiger partial charge in [0.05, 0.1) is 11.1 Å². The molecule has 8 nitrogen and oxygen atoms in total. The summed E-state index contributed by atoms with van der Waals surface area (Å²) in [6.07, 6.45) is -0.185. The van der Waals surface area contributed by atoms with Crippen LogP contribution in [0.5, 0.6) is 0 Å². The minimum absolute atomic E-state index is 0.0377. The molecule has 0 aliphatic carbocycles. The molecule has 1 aromatic carbocycles. The Morgan fingerprint density at radius 2 is 1.73 bits per heavy atom. The third kappa shape index (κ3) is 3.69. The van der Waals surface area contributed by atoms with E-state index in [0.717, 1.165) is 5.56 Å². The maximum Gasteiger partial charge on any atom is 0.310 e. The van der Waals surface area contributed by atoms with Gasteiger partial charge in [-0.25, -0.2) is 28.2 Å². The molecular formula is C25H23F4N7O. The van der Waals surface area contributed by atoms with Gasteiger partial charge >= 0.3 is 11.8 Å². The molecular weight excluding hydrogens is 490 g/mol. The first-order chi connectivity index (χ1) is 17.4. The van der Waals surface area contributed by atoms with Crippen molar-refractivity contribution in [1.29, 1.82) is 0 Å². The number of likely N-dealkylation sites (N-methyl/N-ethyl adjacent to an activating group) is 1. The molecule has 37 heavy (non-hydrogen) atoms. The van der Waals surface area contributed by atoms with Crippen LogP contribution in [0.1, 0.15) is 37.2 Å². The van der Waals surface area contributed by atoms with Crippen molar-refractivity contribution in [3.8, 4) is 11.5 Å². The van der Waals surface area contributed by atoms with Gasteiger partial charge < -0.3 is 5.73 Å². The predicted octanol–water partition coefficient (Wildman–Crippen LogP) is 4.27. The molecule has 1 aliphatic heterocycles. The molecule has 0 fully saturated rings. The molecule has 12 heteroatoms. The summed E-state index contributed by atoms with van der Waals surface area (Å²) in [5.41, 5.74) is 7.01. The number of halogens is 4. The van der Waals surface area contributed by atoms with Crippen LogP contribution >= 0.6 is 0 Å². The van der Waals surface area contributed by atoms with Gasteiger partial charge in [0.25, 0.3) is 0 Å². The number of benzene rings is 1. The van der Waals surface area contributed by atoms with E-state index in [-0.39, 0.29) is 36.0 Å². The highest BCUT2D eigenvalue weighted by Gasteiger charge is 2.52. The predicted molar refractivity (Wildman–Crippen MR) is 129 cm³/mol. The molecule has 0 saturated heterocycles. The topological polar surface area (TPSA) is 102 Å². The molecule has 1 unspecified atom stereocenters. The molecule has 1 amide bonds. The minimum atomic E-state index is -4.23. The number of aromatic nitrogens is 5. The minimum Gasteiger partial charge on any atom is -0.383 e. The Hall–Kier alpha value is -4.09. The lowest BCUT2D eigenvalue weighted by Crippen LogP contribution is -2.38. The summed E-state index contributed by atoms with van der Waals surface area (Å²) in [6.45, 7) is 1.94. The van der Waals surface area contributed by atoms with Crippen LogP contribution in [0.15, 0.2) is 48.7 Å². The first kappa shape index (κ1) is 24.6. The second kappa shape index (κ2) is 8.22. The lowest BCUT2D eigenvalue weighted by molar-refractivity contribution is -0.200. The number of imidazole rings is 1. The smallest absolute Gasteiger partial charge is 0.310 e. The van der Waals surface area contributed by atoms with Crippen molar-refractivity contribution >= 4 is 23.1 Å². The van der Waals surface area contributed by atoms with E-state index in [1.165, 1.54) is 15.6 Å². The molecule has 1 atom stereocenters. The molecule has 0 saturated carbocycles. The summed E-state index contributed by atoms with van der Waals surface area (Å²) in [6, 6.07) is 12.4. The second-order valence-electron chi connectivity index (χ2n) is 9.28. The first-order valence-corrected chi connectivity index (χ1v) is 11.5. The molecule has 0 spiro atoms. The number of hydrogen-bond donors (Lipinski definition) is 1. The van der Waals surface area contributed by atoms with Crippen molar-refractivity contribution in [3.63, 3.8) is 0 Å². The Kier molecular flexibility index (Phi) is 5.46. The maximum atomic E-state index is 14.0. The van der Waals surface area contributed by atoms with Crippen LogP contribution in [0, 0.1) is 0 Å². The maximum absolute atomic E-state index is 14.0. The van der Waals surface area contributed by atoms with Gasteiger partial charge in [0.15, 0.2) is 5.82 Å². The lowest BCUT2D eigenvalue weighted by Gasteiger charge is -2.24. The molecule has 3 aromatic heterocycles. The van der Waals surface area contributed by atoms with Gasteiger partial charge in [0.1, 0.15) is 28.6 Å². The molecule has 0 bridgehead atoms. The molecule has 4 aromatic rings. The number of nitrogen functional groups attached to an aromatic ring is 1. The molecule has 5 rings (SSSR count). The number of alkyl halides is 4. The van der Waals surface area contributed by atoms with E-state index in [2.05, 4.69) is 20.1 Å². The van der Waals surface area contributed by atoms with E-state index in [9.17, 15) is 22.4 Å². The van der Waals surface area contributed by atoms with Crippen molar-refractivity contribution in [1.82, 2.24) is 24.6 Å². The van der Waals surface area contributed by atoms with Crippen LogP contribution < -0.4 is 10.6 Å². The Balaban J connectivity index is 1.62. The highest BCUT2D eigenvalue weighted by molar-refractivity contribution is 6.10. The highest BCUT2D eigenvalue weighted by Crippen LogP contribution is 2.47. The van der Waals surface area contributed by atoms with Crippen molar-refractivity contribution in [2.75, 3.05) is 17.7 Å². The first-order valence-electron chi connectivity index (χ1n) is 11.5. The quantitative estimate of drug-likeness (QED) is 0.387. The number of carbonyl (C=O) groups excluding carboxylic acids is 1. The zero-order valence-corrected chi connectivity index (χ0v) is 20.2. The zero-order valence-electron chi connectivity index (χ0n) is 20.2. The SMILES string of the molecule is CN1C(=O)C(C)(c2ccccc2)c2c(N)nc(-c3nc(CCC(F)(F)C(C)(F)F)n4ncccc34)nc21. The number of hydrogen-bond acceptors (Lipinski definition) is 6. The summed E-state index contributed by atoms with van der Waals surface area (Å²) < 4.78 is 55.9. The fourth-order valence-electron chi connectivity index (χ4n) is 4.68. The molecule has 4 heterocycles. The van der Waals surface area contributed by atoms with Gasteiger partial charge in [-0.2, -0.15) is 13.9 Å². The van der Waals surface area contributed by atoms with Gasteiger partial charge in [-0.1, -0.05) is 30.3 Å². The van der Waals surface area contributed by atoms with E-state index in [1.54, 1.807) is 26.1 Å². The van der Waals surface area contributed by atoms with E-state index < -0.39 is 30.1 Å². The van der Waals surface area contributed by atoms with Gasteiger partial charge in [0, 0.05) is 33.0 Å². The van der Waals surface area contributed by atoms with Gasteiger partial charge in [-0.3, -0.25) is 9.69 Å². The van der Waals surface area contributed by atoms with Crippen LogP contribution in [0.3, 0.4) is 0 Å². The molecule has 192 valence electrons. The third-order valence-electron chi connectivity index (χ3n) is 6.81. The van der Waals surface area contributed by atoms with E-state index in [1.807, 2.05) is 30.3 Å². The van der Waals surface area contributed by atoms with Crippen molar-refractivity contribution in [2.45, 2.75) is 43.9 Å². The fourth-order valence-corrected chi connectivity index (χ4v) is 4.68. The van der Waals surface area contributed by atoms with Crippen LogP contribution in [-0.4, -0.2) is 49.4 Å². The van der Waals surface area contributed by atoms with Crippen molar-refractivity contribution in [2.24, 2.45) is 0 Å². The number of aryl methyl sites for hydroxylation is 1. The van der Waals surface area contributed by atoms with Crippen molar-refractivity contribution in [3.05, 3.63) is 65.6 Å². The largest absolute Gasteiger partial charge is 0.383 e. The molecule has 1 aliphatic rings. The number of carbonyl (C=O) groups is 1. The van der Waals surface area contributed by atoms with E-state index >= 15 is 0 Å². The molecule has 2 N–H and O–H groups in total. The Morgan fingerprint density at radius 3 is 2.41 bits per heavy atom. The number of fused-ring (bicyclic) bond motifs is 2. The lowest BCUT2D eigenvalue weighted by atomic mass is 9.78. The average molecular weight is 513 g/mol. The van der Waals surface area contributed by atoms with Crippen LogP contribution in [0.25, 0.3) is 17.0 Å². The van der Waals surface area contributed by atoms with Crippen LogP contribution in [-0.2, 0) is 16.6 Å². The van der Waals surface area contributed by atoms with E-state index in [0.29, 0.717) is 16.9 Å². The Labute approximate surface area is 209 Å². The molecule has 0 radical (unpaired) electrons. The number of nitrogens with two attached hydrogens (primary N) is 1. The van der Waals surface area contributed by atoms with Crippen molar-refractivity contribution < 1.29 is 22.4 Å². The van der Waals surface area contributed by atoms with Gasteiger partial charge in [0.2, 0.25) is 5.91 Å². The summed E-state index contributed by atoms with van der Waals surface area (Å²) in [5.74, 6) is -8.21. The number of nitrogens with zero attached hydrogens (tertiary/aromatic N) is 6. The Morgan fingerprint density at radius 1 is 1.03 bits per heavy atom. The van der Waals surface area contributed by atoms with Crippen LogP contribution in [0.2, 0.25) is 0 Å². The zero-order chi connectivity index (χ0) is 26.8. The summed E-state index contributed by atoms with van der Waals surface area (Å²) >= 11 is 0. The fraction of sp³-hybridized carbons (Fsp3) is 0.320.